The molecule has 1 aliphatic rings. The average molecular weight is 283 g/mol. The molecule has 1 heterocycles. The van der Waals surface area contributed by atoms with Crippen LogP contribution in [-0.4, -0.2) is 33.4 Å². The first-order valence-electron chi connectivity index (χ1n) is 7.51. The molecule has 0 spiro atoms. The SMILES string of the molecule is CCc1nccn1CC(=O)N(C)C1Cc2ccccc2C1. The largest absolute Gasteiger partial charge is 0.341 e. The Labute approximate surface area is 125 Å². The maximum Gasteiger partial charge on any atom is 0.242 e. The van der Waals surface area contributed by atoms with E-state index in [0.717, 1.165) is 25.1 Å². The highest BCUT2D eigenvalue weighted by molar-refractivity contribution is 5.76. The lowest BCUT2D eigenvalue weighted by Crippen LogP contribution is -2.39. The smallest absolute Gasteiger partial charge is 0.242 e. The molecular formula is C17H21N3O. The van der Waals surface area contributed by atoms with Gasteiger partial charge in [-0.25, -0.2) is 4.98 Å². The first kappa shape index (κ1) is 13.9. The second-order valence-electron chi connectivity index (χ2n) is 5.66. The Bertz CT molecular complexity index is 622. The Morgan fingerprint density at radius 3 is 2.62 bits per heavy atom. The van der Waals surface area contributed by atoms with E-state index in [9.17, 15) is 4.79 Å². The lowest BCUT2D eigenvalue weighted by molar-refractivity contribution is -0.132. The van der Waals surface area contributed by atoms with Gasteiger partial charge >= 0.3 is 0 Å². The molecule has 0 fully saturated rings. The minimum absolute atomic E-state index is 0.153. The zero-order valence-electron chi connectivity index (χ0n) is 12.6. The van der Waals surface area contributed by atoms with Crippen LogP contribution in [0.5, 0.6) is 0 Å². The molecule has 0 radical (unpaired) electrons. The molecule has 0 saturated heterocycles. The summed E-state index contributed by atoms with van der Waals surface area (Å²) in [6, 6.07) is 8.75. The molecule has 3 rings (SSSR count). The van der Waals surface area contributed by atoms with E-state index in [2.05, 4.69) is 36.2 Å². The number of aryl methyl sites for hydroxylation is 1. The third kappa shape index (κ3) is 2.71. The summed E-state index contributed by atoms with van der Waals surface area (Å²) in [5.74, 6) is 1.12. The van der Waals surface area contributed by atoms with Gasteiger partial charge in [-0.15, -0.1) is 0 Å². The molecule has 0 saturated carbocycles. The summed E-state index contributed by atoms with van der Waals surface area (Å²) < 4.78 is 1.95. The standard InChI is InChI=1S/C17H21N3O/c1-3-16-18-8-9-20(16)12-17(21)19(2)15-10-13-6-4-5-7-14(13)11-15/h4-9,15H,3,10-12H2,1-2H3. The number of hydrogen-bond acceptors (Lipinski definition) is 2. The van der Waals surface area contributed by atoms with Gasteiger partial charge in [-0.3, -0.25) is 4.79 Å². The van der Waals surface area contributed by atoms with Crippen molar-refractivity contribution in [3.63, 3.8) is 0 Å². The highest BCUT2D eigenvalue weighted by Gasteiger charge is 2.27. The lowest BCUT2D eigenvalue weighted by Gasteiger charge is -2.25. The van der Waals surface area contributed by atoms with Crippen molar-refractivity contribution in [2.75, 3.05) is 7.05 Å². The quantitative estimate of drug-likeness (QED) is 0.861. The maximum absolute atomic E-state index is 12.5. The fourth-order valence-electron chi connectivity index (χ4n) is 3.07. The molecule has 1 aromatic heterocycles. The van der Waals surface area contributed by atoms with E-state index in [1.54, 1.807) is 6.20 Å². The lowest BCUT2D eigenvalue weighted by atomic mass is 10.1. The predicted molar refractivity (Wildman–Crippen MR) is 82.0 cm³/mol. The number of aromatic nitrogens is 2. The number of carbonyl (C=O) groups is 1. The van der Waals surface area contributed by atoms with Gasteiger partial charge < -0.3 is 9.47 Å². The first-order valence-corrected chi connectivity index (χ1v) is 7.51. The number of rotatable bonds is 4. The zero-order chi connectivity index (χ0) is 14.8. The van der Waals surface area contributed by atoms with Crippen LogP contribution in [0.1, 0.15) is 23.9 Å². The number of benzene rings is 1. The van der Waals surface area contributed by atoms with E-state index in [4.69, 9.17) is 0 Å². The van der Waals surface area contributed by atoms with Crippen molar-refractivity contribution in [3.8, 4) is 0 Å². The van der Waals surface area contributed by atoms with E-state index in [1.807, 2.05) is 22.7 Å². The molecule has 110 valence electrons. The van der Waals surface area contributed by atoms with Crippen LogP contribution in [0, 0.1) is 0 Å². The molecule has 4 heteroatoms. The van der Waals surface area contributed by atoms with Crippen LogP contribution in [0.2, 0.25) is 0 Å². The minimum Gasteiger partial charge on any atom is -0.341 e. The van der Waals surface area contributed by atoms with Crippen LogP contribution in [0.25, 0.3) is 0 Å². The van der Waals surface area contributed by atoms with Crippen molar-refractivity contribution in [1.82, 2.24) is 14.5 Å². The number of amides is 1. The van der Waals surface area contributed by atoms with Gasteiger partial charge in [0.15, 0.2) is 0 Å². The molecule has 0 aliphatic heterocycles. The number of carbonyl (C=O) groups excluding carboxylic acids is 1. The maximum atomic E-state index is 12.5. The van der Waals surface area contributed by atoms with Crippen molar-refractivity contribution in [3.05, 3.63) is 53.6 Å². The molecule has 21 heavy (non-hydrogen) atoms. The van der Waals surface area contributed by atoms with Gasteiger partial charge in [0.25, 0.3) is 0 Å². The summed E-state index contributed by atoms with van der Waals surface area (Å²) in [7, 11) is 1.92. The van der Waals surface area contributed by atoms with Gasteiger partial charge in [0.1, 0.15) is 12.4 Å². The van der Waals surface area contributed by atoms with Gasteiger partial charge in [-0.05, 0) is 24.0 Å². The number of fused-ring (bicyclic) bond motifs is 1. The first-order chi connectivity index (χ1) is 10.2. The second-order valence-corrected chi connectivity index (χ2v) is 5.66. The number of hydrogen-bond donors (Lipinski definition) is 0. The van der Waals surface area contributed by atoms with E-state index in [1.165, 1.54) is 11.1 Å². The normalized spacial score (nSPS) is 14.2. The van der Waals surface area contributed by atoms with Gasteiger partial charge in [-0.1, -0.05) is 31.2 Å². The second kappa shape index (κ2) is 5.72. The zero-order valence-corrected chi connectivity index (χ0v) is 12.6. The monoisotopic (exact) mass is 283 g/mol. The van der Waals surface area contributed by atoms with E-state index in [0.29, 0.717) is 6.54 Å². The predicted octanol–water partition coefficient (Wildman–Crippen LogP) is 2.07. The Kier molecular flexibility index (Phi) is 3.78. The van der Waals surface area contributed by atoms with Crippen LogP contribution < -0.4 is 0 Å². The number of likely N-dealkylation sites (N-methyl/N-ethyl adjacent to an activating group) is 1. The fraction of sp³-hybridized carbons (Fsp3) is 0.412. The number of nitrogens with zero attached hydrogens (tertiary/aromatic N) is 3. The minimum atomic E-state index is 0.153. The van der Waals surface area contributed by atoms with Gasteiger partial charge in [0.2, 0.25) is 5.91 Å². The average Bonchev–Trinajstić information content (AvgIpc) is 3.11. The van der Waals surface area contributed by atoms with Gasteiger partial charge in [0, 0.05) is 31.9 Å². The van der Waals surface area contributed by atoms with Crippen LogP contribution in [0.4, 0.5) is 0 Å². The summed E-state index contributed by atoms with van der Waals surface area (Å²) in [4.78, 5) is 18.7. The highest BCUT2D eigenvalue weighted by Crippen LogP contribution is 2.24. The van der Waals surface area contributed by atoms with Crippen molar-refractivity contribution in [2.45, 2.75) is 38.8 Å². The molecular weight excluding hydrogens is 262 g/mol. The summed E-state index contributed by atoms with van der Waals surface area (Å²) in [5.41, 5.74) is 2.75. The summed E-state index contributed by atoms with van der Waals surface area (Å²) in [5, 5.41) is 0. The fourth-order valence-corrected chi connectivity index (χ4v) is 3.07. The van der Waals surface area contributed by atoms with Gasteiger partial charge in [0.05, 0.1) is 0 Å². The van der Waals surface area contributed by atoms with Crippen molar-refractivity contribution >= 4 is 5.91 Å². The highest BCUT2D eigenvalue weighted by atomic mass is 16.2. The molecule has 2 aromatic rings. The van der Waals surface area contributed by atoms with Crippen molar-refractivity contribution in [1.29, 1.82) is 0 Å². The Morgan fingerprint density at radius 1 is 1.33 bits per heavy atom. The molecule has 0 atom stereocenters. The van der Waals surface area contributed by atoms with Crippen LogP contribution in [0.15, 0.2) is 36.7 Å². The van der Waals surface area contributed by atoms with Gasteiger partial charge in [-0.2, -0.15) is 0 Å². The number of imidazole rings is 1. The molecule has 4 nitrogen and oxygen atoms in total. The molecule has 1 amide bonds. The third-order valence-corrected chi connectivity index (χ3v) is 4.39. The molecule has 0 bridgehead atoms. The summed E-state index contributed by atoms with van der Waals surface area (Å²) in [6.07, 6.45) is 6.41. The summed E-state index contributed by atoms with van der Waals surface area (Å²) in [6.45, 7) is 2.44. The molecule has 1 aliphatic carbocycles. The van der Waals surface area contributed by atoms with E-state index >= 15 is 0 Å². The van der Waals surface area contributed by atoms with E-state index in [-0.39, 0.29) is 11.9 Å². The topological polar surface area (TPSA) is 38.1 Å². The van der Waals surface area contributed by atoms with E-state index < -0.39 is 0 Å². The van der Waals surface area contributed by atoms with Crippen molar-refractivity contribution in [2.24, 2.45) is 0 Å². The van der Waals surface area contributed by atoms with Crippen molar-refractivity contribution < 1.29 is 4.79 Å². The third-order valence-electron chi connectivity index (χ3n) is 4.39. The van der Waals surface area contributed by atoms with Crippen LogP contribution in [-0.2, 0) is 30.6 Å². The Morgan fingerprint density at radius 2 is 2.00 bits per heavy atom. The molecule has 1 aromatic carbocycles. The Balaban J connectivity index is 1.66. The Hall–Kier alpha value is -2.10. The van der Waals surface area contributed by atoms with Crippen LogP contribution in [0.3, 0.4) is 0 Å². The van der Waals surface area contributed by atoms with Crippen LogP contribution >= 0.6 is 0 Å². The summed E-state index contributed by atoms with van der Waals surface area (Å²) >= 11 is 0. The molecule has 0 unspecified atom stereocenters. The molecule has 0 N–H and O–H groups in total.